The summed E-state index contributed by atoms with van der Waals surface area (Å²) in [5, 5.41) is 13.5. The van der Waals surface area contributed by atoms with Gasteiger partial charge < -0.3 is 21.5 Å². The van der Waals surface area contributed by atoms with E-state index in [1.807, 2.05) is 36.4 Å². The fourth-order valence-corrected chi connectivity index (χ4v) is 4.15. The molecule has 0 saturated carbocycles. The average Bonchev–Trinajstić information content (AvgIpc) is 3.17. The van der Waals surface area contributed by atoms with Gasteiger partial charge in [0.25, 0.3) is 5.91 Å². The van der Waals surface area contributed by atoms with Crippen LogP contribution in [0, 0.1) is 11.3 Å². The average molecular weight is 432 g/mol. The van der Waals surface area contributed by atoms with E-state index >= 15 is 0 Å². The minimum Gasteiger partial charge on any atom is -0.401 e. The maximum absolute atomic E-state index is 12.6. The second-order valence-corrected chi connectivity index (χ2v) is 8.18. The molecular weight excluding hydrogens is 410 g/mol. The normalized spacial score (nSPS) is 15.7. The highest BCUT2D eigenvalue weighted by Gasteiger charge is 2.22. The number of nitrogens with one attached hydrogen (secondary N) is 1. The third-order valence-electron chi connectivity index (χ3n) is 4.96. The van der Waals surface area contributed by atoms with Crippen molar-refractivity contribution in [2.75, 3.05) is 18.9 Å². The Bertz CT molecular complexity index is 1180. The Kier molecular flexibility index (Phi) is 5.98. The van der Waals surface area contributed by atoms with Crippen molar-refractivity contribution in [1.29, 1.82) is 5.26 Å². The fourth-order valence-electron chi connectivity index (χ4n) is 3.34. The number of carbonyl (C=O) groups excluding carboxylic acids is 1. The zero-order valence-electron chi connectivity index (χ0n) is 16.7. The Morgan fingerprint density at radius 2 is 2.13 bits per heavy atom. The highest BCUT2D eigenvalue weighted by molar-refractivity contribution is 7.19. The molecule has 7 nitrogen and oxygen atoms in total. The van der Waals surface area contributed by atoms with Gasteiger partial charge in [-0.05, 0) is 29.3 Å². The summed E-state index contributed by atoms with van der Waals surface area (Å²) in [7, 11) is 0. The van der Waals surface area contributed by atoms with Crippen molar-refractivity contribution < 1.29 is 9.53 Å². The van der Waals surface area contributed by atoms with Gasteiger partial charge in [-0.1, -0.05) is 47.7 Å². The summed E-state index contributed by atoms with van der Waals surface area (Å²) >= 11 is 1.39. The molecule has 1 aliphatic heterocycles. The number of carbonyl (C=O) groups is 1. The van der Waals surface area contributed by atoms with Gasteiger partial charge in [0.05, 0.1) is 37.4 Å². The van der Waals surface area contributed by atoms with E-state index in [9.17, 15) is 10.1 Å². The number of nitrogens with zero attached hydrogens (tertiary/aromatic N) is 2. The van der Waals surface area contributed by atoms with E-state index in [4.69, 9.17) is 16.2 Å². The maximum Gasteiger partial charge on any atom is 0.251 e. The van der Waals surface area contributed by atoms with Crippen LogP contribution >= 0.6 is 11.3 Å². The molecule has 0 spiro atoms. The largest absolute Gasteiger partial charge is 0.401 e. The number of nitrogens with two attached hydrogens (primary N) is 2. The summed E-state index contributed by atoms with van der Waals surface area (Å²) < 4.78 is 5.41. The Hall–Kier alpha value is -3.67. The van der Waals surface area contributed by atoms with Gasteiger partial charge >= 0.3 is 0 Å². The summed E-state index contributed by atoms with van der Waals surface area (Å²) in [6.07, 6.45) is 1.68. The van der Waals surface area contributed by atoms with Crippen molar-refractivity contribution in [2.45, 2.75) is 12.5 Å². The second kappa shape index (κ2) is 9.00. The van der Waals surface area contributed by atoms with E-state index in [1.54, 1.807) is 18.2 Å². The van der Waals surface area contributed by atoms with Crippen LogP contribution in [-0.4, -0.2) is 24.0 Å². The summed E-state index contributed by atoms with van der Waals surface area (Å²) in [4.78, 5) is 17.1. The lowest BCUT2D eigenvalue weighted by Crippen LogP contribution is -2.28. The number of rotatable bonds is 5. The smallest absolute Gasteiger partial charge is 0.251 e. The molecule has 3 aromatic rings. The number of amides is 1. The lowest BCUT2D eigenvalue weighted by atomic mass is 9.92. The van der Waals surface area contributed by atoms with Crippen molar-refractivity contribution >= 4 is 28.3 Å². The Labute approximate surface area is 184 Å². The summed E-state index contributed by atoms with van der Waals surface area (Å²) in [5.74, 6) is -0.633. The monoisotopic (exact) mass is 431 g/mol. The quantitative estimate of drug-likeness (QED) is 0.569. The molecule has 2 heterocycles. The second-order valence-electron chi connectivity index (χ2n) is 7.15. The molecule has 156 valence electrons. The summed E-state index contributed by atoms with van der Waals surface area (Å²) in [6.45, 7) is 0.938. The number of thiazole rings is 1. The molecule has 0 aliphatic carbocycles. The predicted molar refractivity (Wildman–Crippen MR) is 121 cm³/mol. The molecule has 0 saturated heterocycles. The van der Waals surface area contributed by atoms with E-state index < -0.39 is 0 Å². The number of fused-ring (bicyclic) bond motifs is 1. The number of ether oxygens (including phenoxy) is 1. The Morgan fingerprint density at radius 3 is 2.90 bits per heavy atom. The van der Waals surface area contributed by atoms with Crippen LogP contribution in [0.25, 0.3) is 16.6 Å². The molecule has 1 amide bonds. The minimum absolute atomic E-state index is 0.151. The van der Waals surface area contributed by atoms with E-state index in [0.29, 0.717) is 35.2 Å². The lowest BCUT2D eigenvalue weighted by Gasteiger charge is -2.21. The fraction of sp³-hybridized carbons (Fsp3) is 0.174. The first-order chi connectivity index (χ1) is 15.0. The molecule has 1 aliphatic rings. The number of benzene rings is 2. The van der Waals surface area contributed by atoms with Crippen LogP contribution in [0.2, 0.25) is 0 Å². The molecule has 1 unspecified atom stereocenters. The van der Waals surface area contributed by atoms with Crippen molar-refractivity contribution in [2.24, 2.45) is 5.73 Å². The number of hydrogen-bond donors (Lipinski definition) is 3. The van der Waals surface area contributed by atoms with Crippen molar-refractivity contribution in [3.63, 3.8) is 0 Å². The minimum atomic E-state index is -0.368. The number of aromatic nitrogens is 1. The molecule has 5 N–H and O–H groups in total. The van der Waals surface area contributed by atoms with Gasteiger partial charge in [0, 0.05) is 16.8 Å². The van der Waals surface area contributed by atoms with Crippen molar-refractivity contribution in [3.05, 3.63) is 76.6 Å². The first-order valence-corrected chi connectivity index (χ1v) is 10.5. The molecule has 0 fully saturated rings. The van der Waals surface area contributed by atoms with E-state index in [1.165, 1.54) is 11.3 Å². The highest BCUT2D eigenvalue weighted by atomic mass is 32.1. The van der Waals surface area contributed by atoms with E-state index in [0.717, 1.165) is 21.7 Å². The molecule has 1 atom stereocenters. The lowest BCUT2D eigenvalue weighted by molar-refractivity contribution is 0.0951. The van der Waals surface area contributed by atoms with Crippen molar-refractivity contribution in [3.8, 4) is 16.6 Å². The number of nitrogen functional groups attached to an aromatic ring is 1. The summed E-state index contributed by atoms with van der Waals surface area (Å²) in [5.41, 5.74) is 16.5. The van der Waals surface area contributed by atoms with Crippen LogP contribution < -0.4 is 16.8 Å². The molecule has 4 rings (SSSR count). The van der Waals surface area contributed by atoms with Crippen molar-refractivity contribution in [1.82, 2.24) is 10.3 Å². The molecule has 0 radical (unpaired) electrons. The van der Waals surface area contributed by atoms with Crippen LogP contribution in [0.4, 0.5) is 5.00 Å². The van der Waals surface area contributed by atoms with Gasteiger partial charge in [-0.25, -0.2) is 4.98 Å². The molecule has 31 heavy (non-hydrogen) atoms. The van der Waals surface area contributed by atoms with Crippen LogP contribution in [-0.2, 0) is 11.3 Å². The Balaban J connectivity index is 1.44. The highest BCUT2D eigenvalue weighted by Crippen LogP contribution is 2.31. The number of nitriles is 1. The molecule has 1 aromatic heterocycles. The zero-order valence-corrected chi connectivity index (χ0v) is 17.5. The predicted octanol–water partition coefficient (Wildman–Crippen LogP) is 3.26. The standard InChI is InChI=1S/C23H21N5O2S/c24-10-17-13-30-12-16-7-6-15(8-19(16)17)22(29)27-11-18(25)9-20-21(26)31-23(28-20)14-4-2-1-3-5-14/h1-9,17H,11-13,25-26H2,(H,27,29)/b18-9-. The molecule has 0 bridgehead atoms. The van der Waals surface area contributed by atoms with Gasteiger partial charge in [-0.2, -0.15) is 5.26 Å². The first-order valence-electron chi connectivity index (χ1n) is 9.71. The van der Waals surface area contributed by atoms with Crippen LogP contribution in [0.5, 0.6) is 0 Å². The third kappa shape index (κ3) is 4.58. The third-order valence-corrected chi connectivity index (χ3v) is 5.91. The molecular formula is C23H21N5O2S. The SMILES string of the molecule is N#CC1COCc2ccc(C(=O)NC/C(N)=C/c3nc(-c4ccccc4)sc3N)cc21. The number of hydrogen-bond acceptors (Lipinski definition) is 7. The number of anilines is 1. The zero-order chi connectivity index (χ0) is 21.8. The summed E-state index contributed by atoms with van der Waals surface area (Å²) in [6, 6.07) is 17.3. The van der Waals surface area contributed by atoms with E-state index in [-0.39, 0.29) is 18.4 Å². The van der Waals surface area contributed by atoms with Gasteiger partial charge in [-0.15, -0.1) is 0 Å². The van der Waals surface area contributed by atoms with E-state index in [2.05, 4.69) is 16.4 Å². The van der Waals surface area contributed by atoms with Gasteiger partial charge in [-0.3, -0.25) is 4.79 Å². The van der Waals surface area contributed by atoms with Crippen LogP contribution in [0.15, 0.2) is 54.2 Å². The first kappa shape index (κ1) is 20.6. The maximum atomic E-state index is 12.6. The van der Waals surface area contributed by atoms with Gasteiger partial charge in [0.15, 0.2) is 0 Å². The topological polar surface area (TPSA) is 127 Å². The van der Waals surface area contributed by atoms with Gasteiger partial charge in [0.1, 0.15) is 10.0 Å². The molecule has 8 heteroatoms. The Morgan fingerprint density at radius 1 is 1.32 bits per heavy atom. The van der Waals surface area contributed by atoms with Gasteiger partial charge in [0.2, 0.25) is 0 Å². The van der Waals surface area contributed by atoms with Crippen LogP contribution in [0.3, 0.4) is 0 Å². The van der Waals surface area contributed by atoms with Crippen LogP contribution in [0.1, 0.15) is 33.1 Å². The molecule has 2 aromatic carbocycles.